The monoisotopic (exact) mass is 481 g/mol. The van der Waals surface area contributed by atoms with Gasteiger partial charge in [-0.05, 0) is 43.7 Å². The Bertz CT molecular complexity index is 911. The number of esters is 2. The molecule has 2 rings (SSSR count). The van der Waals surface area contributed by atoms with E-state index in [0.29, 0.717) is 12.8 Å². The molecule has 8 nitrogen and oxygen atoms in total. The van der Waals surface area contributed by atoms with Crippen LogP contribution in [0.15, 0.2) is 41.3 Å². The number of rotatable bonds is 4. The maximum absolute atomic E-state index is 12.9. The Kier molecular flexibility index (Phi) is 10.5. The van der Waals surface area contributed by atoms with Crippen molar-refractivity contribution in [1.29, 1.82) is 0 Å². The number of carbonyl (C=O) groups excluding carboxylic acids is 2. The second-order valence-electron chi connectivity index (χ2n) is 8.54. The number of sulfonamides is 1. The zero-order chi connectivity index (χ0) is 24.4. The molecule has 0 saturated carbocycles. The Balaban J connectivity index is 2.17. The van der Waals surface area contributed by atoms with E-state index in [-0.39, 0.29) is 60.8 Å². The number of ether oxygens (including phenoxy) is 3. The van der Waals surface area contributed by atoms with Crippen LogP contribution in [0.25, 0.3) is 0 Å². The number of methoxy groups -OCH3 is 1. The number of hydrogen-bond donors (Lipinski definition) is 1. The van der Waals surface area contributed by atoms with Crippen molar-refractivity contribution in [2.75, 3.05) is 20.3 Å². The van der Waals surface area contributed by atoms with Gasteiger partial charge in [-0.15, -0.1) is 0 Å². The molecule has 0 aliphatic carbocycles. The summed E-state index contributed by atoms with van der Waals surface area (Å²) in [7, 11) is -2.25. The number of aryl methyl sites for hydroxylation is 1. The zero-order valence-corrected chi connectivity index (χ0v) is 20.6. The van der Waals surface area contributed by atoms with Gasteiger partial charge in [-0.2, -0.15) is 0 Å². The highest BCUT2D eigenvalue weighted by molar-refractivity contribution is 7.89. The maximum Gasteiger partial charge on any atom is 0.309 e. The van der Waals surface area contributed by atoms with Gasteiger partial charge in [-0.3, -0.25) is 9.59 Å². The fraction of sp³-hybridized carbons (Fsp3) is 0.583. The van der Waals surface area contributed by atoms with Gasteiger partial charge in [0.1, 0.15) is 13.2 Å². The van der Waals surface area contributed by atoms with Crippen LogP contribution >= 0.6 is 0 Å². The van der Waals surface area contributed by atoms with E-state index in [2.05, 4.69) is 4.72 Å². The van der Waals surface area contributed by atoms with E-state index in [1.54, 1.807) is 38.3 Å². The molecule has 0 spiro atoms. The Morgan fingerprint density at radius 3 is 2.36 bits per heavy atom. The van der Waals surface area contributed by atoms with Crippen LogP contribution in [0, 0.1) is 18.8 Å². The molecule has 0 radical (unpaired) electrons. The summed E-state index contributed by atoms with van der Waals surface area (Å²) in [6.07, 6.45) is 4.66. The molecule has 0 unspecified atom stereocenters. The summed E-state index contributed by atoms with van der Waals surface area (Å²) < 4.78 is 44.6. The van der Waals surface area contributed by atoms with Gasteiger partial charge in [0.25, 0.3) is 0 Å². The average Bonchev–Trinajstić information content (AvgIpc) is 2.76. The van der Waals surface area contributed by atoms with E-state index >= 15 is 0 Å². The molecule has 0 bridgehead atoms. The molecule has 0 saturated heterocycles. The second-order valence-corrected chi connectivity index (χ2v) is 10.3. The van der Waals surface area contributed by atoms with Crippen molar-refractivity contribution in [3.63, 3.8) is 0 Å². The minimum atomic E-state index is -3.82. The predicted octanol–water partition coefficient (Wildman–Crippen LogP) is 3.15. The quantitative estimate of drug-likeness (QED) is 0.520. The van der Waals surface area contributed by atoms with Crippen LogP contribution in [0.5, 0.6) is 0 Å². The molecule has 1 N–H and O–H groups in total. The predicted molar refractivity (Wildman–Crippen MR) is 124 cm³/mol. The van der Waals surface area contributed by atoms with E-state index < -0.39 is 16.1 Å². The van der Waals surface area contributed by atoms with Gasteiger partial charge in [-0.25, -0.2) is 13.1 Å². The molecule has 9 heteroatoms. The third kappa shape index (κ3) is 8.91. The van der Waals surface area contributed by atoms with Gasteiger partial charge in [0.15, 0.2) is 0 Å². The van der Waals surface area contributed by atoms with Crippen LogP contribution in [0.2, 0.25) is 0 Å². The van der Waals surface area contributed by atoms with Crippen molar-refractivity contribution in [3.8, 4) is 0 Å². The lowest BCUT2D eigenvalue weighted by Crippen LogP contribution is -2.42. The number of benzene rings is 1. The highest BCUT2D eigenvalue weighted by Gasteiger charge is 2.25. The van der Waals surface area contributed by atoms with Gasteiger partial charge in [0, 0.05) is 13.5 Å². The van der Waals surface area contributed by atoms with Crippen LogP contribution < -0.4 is 4.72 Å². The summed E-state index contributed by atoms with van der Waals surface area (Å²) in [4.78, 5) is 24.5. The lowest BCUT2D eigenvalue weighted by atomic mass is 9.98. The highest BCUT2D eigenvalue weighted by atomic mass is 32.2. The maximum atomic E-state index is 12.9. The van der Waals surface area contributed by atoms with Gasteiger partial charge >= 0.3 is 11.9 Å². The first kappa shape index (κ1) is 27.0. The van der Waals surface area contributed by atoms with Crippen molar-refractivity contribution < 1.29 is 32.2 Å². The molecule has 1 aromatic carbocycles. The fourth-order valence-corrected chi connectivity index (χ4v) is 4.81. The van der Waals surface area contributed by atoms with E-state index in [9.17, 15) is 18.0 Å². The lowest BCUT2D eigenvalue weighted by molar-refractivity contribution is -0.147. The molecular formula is C24H35NO7S. The van der Waals surface area contributed by atoms with E-state index in [1.165, 1.54) is 12.1 Å². The largest absolute Gasteiger partial charge is 0.464 e. The Labute approximate surface area is 196 Å². The minimum absolute atomic E-state index is 0.0480. The Hall–Kier alpha value is -2.23. The molecule has 1 aliphatic rings. The third-order valence-electron chi connectivity index (χ3n) is 5.81. The molecule has 1 heterocycles. The number of nitrogens with one attached hydrogen (secondary N) is 1. The molecule has 0 aromatic heterocycles. The van der Waals surface area contributed by atoms with Crippen LogP contribution in [-0.2, 0) is 33.8 Å². The first-order chi connectivity index (χ1) is 15.6. The van der Waals surface area contributed by atoms with E-state index in [4.69, 9.17) is 14.2 Å². The van der Waals surface area contributed by atoms with E-state index in [0.717, 1.165) is 5.56 Å². The standard InChI is InChI=1S/C24H35NO7S/c1-17-11-13-20(14-12-17)33(28,29)25-21-15-31-23(26)10-6-8-19(3)22(30-4)16-32-24(27)9-5-7-18(21)2/h5,7,11-14,18-19,21-22,25H,6,8-10,15-16H2,1-4H3/b7-5+/t18-,19+,21-,22+/m1/s1. The van der Waals surface area contributed by atoms with Crippen molar-refractivity contribution in [2.45, 2.75) is 63.5 Å². The summed E-state index contributed by atoms with van der Waals surface area (Å²) >= 11 is 0. The molecular weight excluding hydrogens is 446 g/mol. The van der Waals surface area contributed by atoms with Crippen LogP contribution in [-0.4, -0.2) is 52.8 Å². The van der Waals surface area contributed by atoms with Gasteiger partial charge < -0.3 is 14.2 Å². The highest BCUT2D eigenvalue weighted by Crippen LogP contribution is 2.18. The first-order valence-corrected chi connectivity index (χ1v) is 12.7. The van der Waals surface area contributed by atoms with Crippen LogP contribution in [0.1, 0.15) is 45.1 Å². The molecule has 4 atom stereocenters. The normalized spacial score (nSPS) is 27.4. The minimum Gasteiger partial charge on any atom is -0.464 e. The van der Waals surface area contributed by atoms with Crippen molar-refractivity contribution >= 4 is 22.0 Å². The Morgan fingerprint density at radius 2 is 1.70 bits per heavy atom. The molecule has 33 heavy (non-hydrogen) atoms. The number of cyclic esters (lactones) is 2. The summed E-state index contributed by atoms with van der Waals surface area (Å²) in [6, 6.07) is 5.81. The van der Waals surface area contributed by atoms with Gasteiger partial charge in [0.2, 0.25) is 10.0 Å². The summed E-state index contributed by atoms with van der Waals surface area (Å²) in [5.41, 5.74) is 0.946. The van der Waals surface area contributed by atoms with Crippen molar-refractivity contribution in [2.24, 2.45) is 11.8 Å². The van der Waals surface area contributed by atoms with Crippen molar-refractivity contribution in [3.05, 3.63) is 42.0 Å². The molecule has 0 amide bonds. The molecule has 1 aliphatic heterocycles. The van der Waals surface area contributed by atoms with Crippen LogP contribution in [0.4, 0.5) is 0 Å². The molecule has 1 aromatic rings. The second kappa shape index (κ2) is 12.9. The lowest BCUT2D eigenvalue weighted by Gasteiger charge is -2.24. The Morgan fingerprint density at radius 1 is 1.03 bits per heavy atom. The number of hydrogen-bond acceptors (Lipinski definition) is 7. The molecule has 0 fully saturated rings. The van der Waals surface area contributed by atoms with Crippen molar-refractivity contribution in [1.82, 2.24) is 4.72 Å². The number of carbonyl (C=O) groups is 2. The third-order valence-corrected chi connectivity index (χ3v) is 7.31. The van der Waals surface area contributed by atoms with E-state index in [1.807, 2.05) is 13.8 Å². The van der Waals surface area contributed by atoms with Crippen LogP contribution in [0.3, 0.4) is 0 Å². The SMILES string of the molecule is CO[C@H]1COC(=O)C/C=C/[C@@H](C)[C@H](NS(=O)(=O)c2ccc(C)cc2)COC(=O)CCC[C@@H]1C. The van der Waals surface area contributed by atoms with Gasteiger partial charge in [-0.1, -0.05) is 43.7 Å². The summed E-state index contributed by atoms with van der Waals surface area (Å²) in [5, 5.41) is 0. The smallest absolute Gasteiger partial charge is 0.309 e. The molecule has 184 valence electrons. The fourth-order valence-electron chi connectivity index (χ4n) is 3.50. The summed E-state index contributed by atoms with van der Waals surface area (Å²) in [6.45, 7) is 5.68. The zero-order valence-electron chi connectivity index (χ0n) is 19.8. The van der Waals surface area contributed by atoms with Gasteiger partial charge in [0.05, 0.1) is 23.5 Å². The topological polar surface area (TPSA) is 108 Å². The first-order valence-electron chi connectivity index (χ1n) is 11.2. The average molecular weight is 482 g/mol. The summed E-state index contributed by atoms with van der Waals surface area (Å²) in [5.74, 6) is -1.02.